The number of ether oxygens (including phenoxy) is 1. The number of hydrogen-bond acceptors (Lipinski definition) is 7. The lowest BCUT2D eigenvalue weighted by atomic mass is 10.1. The lowest BCUT2D eigenvalue weighted by molar-refractivity contribution is 0.0196. The number of rotatable bonds is 3. The molecule has 1 saturated heterocycles. The van der Waals surface area contributed by atoms with Crippen LogP contribution in [0.3, 0.4) is 0 Å². The number of nitrogen functional groups attached to an aromatic ring is 1. The van der Waals surface area contributed by atoms with Crippen LogP contribution in [0.5, 0.6) is 0 Å². The van der Waals surface area contributed by atoms with Gasteiger partial charge in [0.25, 0.3) is 0 Å². The summed E-state index contributed by atoms with van der Waals surface area (Å²) in [5, 5.41) is 0. The maximum atomic E-state index is 12.0. The Hall–Kier alpha value is -2.38. The molecule has 1 fully saturated rings. The van der Waals surface area contributed by atoms with E-state index in [0.29, 0.717) is 25.2 Å². The Morgan fingerprint density at radius 3 is 2.64 bits per heavy atom. The molecular formula is C14H21N5O3. The number of nitrogens with zero attached hydrogens (tertiary/aromatic N) is 4. The van der Waals surface area contributed by atoms with Gasteiger partial charge in [0.1, 0.15) is 17.1 Å². The van der Waals surface area contributed by atoms with E-state index >= 15 is 0 Å². The molecule has 1 amide bonds. The summed E-state index contributed by atoms with van der Waals surface area (Å²) in [6.45, 7) is 6.69. The highest BCUT2D eigenvalue weighted by molar-refractivity contribution is 5.74. The highest BCUT2D eigenvalue weighted by atomic mass is 16.6. The van der Waals surface area contributed by atoms with Gasteiger partial charge in [-0.1, -0.05) is 0 Å². The van der Waals surface area contributed by atoms with Crippen molar-refractivity contribution in [3.63, 3.8) is 0 Å². The van der Waals surface area contributed by atoms with Gasteiger partial charge in [-0.3, -0.25) is 4.79 Å². The average molecular weight is 307 g/mol. The van der Waals surface area contributed by atoms with Gasteiger partial charge < -0.3 is 20.3 Å². The number of likely N-dealkylation sites (N-methyl/N-ethyl adjacent to an activating group) is 1. The summed E-state index contributed by atoms with van der Waals surface area (Å²) in [6.07, 6.45) is 0.277. The fourth-order valence-corrected chi connectivity index (χ4v) is 2.06. The molecule has 1 aromatic heterocycles. The molecule has 1 aliphatic rings. The molecule has 0 aliphatic carbocycles. The molecule has 2 rings (SSSR count). The smallest absolute Gasteiger partial charge is 0.410 e. The standard InChI is InChI=1S/C14H21N5O3/c1-14(2,3)22-13(21)18(4)10-6-19(7-10)11-5-9(8-20)16-12(15)17-11/h5,8,10H,6-7H2,1-4H3,(H2,15,16,17). The molecule has 8 heteroatoms. The quantitative estimate of drug-likeness (QED) is 0.829. The lowest BCUT2D eigenvalue weighted by Crippen LogP contribution is -2.60. The molecule has 0 radical (unpaired) electrons. The number of anilines is 2. The van der Waals surface area contributed by atoms with Crippen LogP contribution < -0.4 is 10.6 Å². The normalized spacial score (nSPS) is 15.2. The molecule has 0 atom stereocenters. The molecule has 1 aliphatic heterocycles. The Balaban J connectivity index is 1.96. The Labute approximate surface area is 129 Å². The maximum absolute atomic E-state index is 12.0. The third-order valence-electron chi connectivity index (χ3n) is 3.29. The van der Waals surface area contributed by atoms with E-state index in [4.69, 9.17) is 10.5 Å². The number of hydrogen-bond donors (Lipinski definition) is 1. The minimum atomic E-state index is -0.519. The second-order valence-corrected chi connectivity index (χ2v) is 6.28. The van der Waals surface area contributed by atoms with Gasteiger partial charge in [0, 0.05) is 26.2 Å². The second kappa shape index (κ2) is 5.78. The van der Waals surface area contributed by atoms with E-state index in [0.717, 1.165) is 0 Å². The number of aldehydes is 1. The van der Waals surface area contributed by atoms with Crippen molar-refractivity contribution in [3.8, 4) is 0 Å². The first-order valence-electron chi connectivity index (χ1n) is 7.00. The first-order chi connectivity index (χ1) is 10.2. The van der Waals surface area contributed by atoms with E-state index in [9.17, 15) is 9.59 Å². The van der Waals surface area contributed by atoms with Crippen LogP contribution in [0, 0.1) is 0 Å². The molecular weight excluding hydrogens is 286 g/mol. The minimum absolute atomic E-state index is 0.0331. The Morgan fingerprint density at radius 2 is 2.09 bits per heavy atom. The van der Waals surface area contributed by atoms with E-state index in [1.165, 1.54) is 0 Å². The zero-order valence-electron chi connectivity index (χ0n) is 13.2. The summed E-state index contributed by atoms with van der Waals surface area (Å²) < 4.78 is 5.33. The molecule has 0 saturated carbocycles. The summed E-state index contributed by atoms with van der Waals surface area (Å²) in [5.74, 6) is 0.645. The van der Waals surface area contributed by atoms with Crippen LogP contribution in [-0.2, 0) is 4.74 Å². The molecule has 2 heterocycles. The van der Waals surface area contributed by atoms with Crippen molar-refractivity contribution in [1.82, 2.24) is 14.9 Å². The van der Waals surface area contributed by atoms with Crippen molar-refractivity contribution in [3.05, 3.63) is 11.8 Å². The van der Waals surface area contributed by atoms with Gasteiger partial charge in [-0.25, -0.2) is 9.78 Å². The third-order valence-corrected chi connectivity index (χ3v) is 3.29. The van der Waals surface area contributed by atoms with Gasteiger partial charge >= 0.3 is 6.09 Å². The predicted molar refractivity (Wildman–Crippen MR) is 81.8 cm³/mol. The minimum Gasteiger partial charge on any atom is -0.444 e. The molecule has 22 heavy (non-hydrogen) atoms. The van der Waals surface area contributed by atoms with E-state index in [-0.39, 0.29) is 23.8 Å². The molecule has 120 valence electrons. The van der Waals surface area contributed by atoms with Crippen LogP contribution in [0.25, 0.3) is 0 Å². The van der Waals surface area contributed by atoms with Crippen molar-refractivity contribution in [1.29, 1.82) is 0 Å². The van der Waals surface area contributed by atoms with Crippen LogP contribution in [0.1, 0.15) is 31.3 Å². The van der Waals surface area contributed by atoms with E-state index in [1.807, 2.05) is 25.7 Å². The number of aromatic nitrogens is 2. The van der Waals surface area contributed by atoms with Crippen molar-refractivity contribution in [2.24, 2.45) is 0 Å². The average Bonchev–Trinajstić information content (AvgIpc) is 2.34. The van der Waals surface area contributed by atoms with Crippen LogP contribution in [-0.4, -0.2) is 59.0 Å². The first-order valence-corrected chi connectivity index (χ1v) is 7.00. The molecule has 0 unspecified atom stereocenters. The third kappa shape index (κ3) is 3.63. The Morgan fingerprint density at radius 1 is 1.45 bits per heavy atom. The van der Waals surface area contributed by atoms with E-state index in [2.05, 4.69) is 9.97 Å². The van der Waals surface area contributed by atoms with E-state index < -0.39 is 5.60 Å². The van der Waals surface area contributed by atoms with Crippen molar-refractivity contribution < 1.29 is 14.3 Å². The Kier molecular flexibility index (Phi) is 4.20. The highest BCUT2D eigenvalue weighted by Gasteiger charge is 2.35. The molecule has 8 nitrogen and oxygen atoms in total. The zero-order chi connectivity index (χ0) is 16.5. The topological polar surface area (TPSA) is 102 Å². The summed E-state index contributed by atoms with van der Waals surface area (Å²) in [6, 6.07) is 1.61. The van der Waals surface area contributed by atoms with Gasteiger partial charge in [-0.05, 0) is 20.8 Å². The number of amides is 1. The van der Waals surface area contributed by atoms with Crippen molar-refractivity contribution >= 4 is 24.1 Å². The summed E-state index contributed by atoms with van der Waals surface area (Å²) >= 11 is 0. The second-order valence-electron chi connectivity index (χ2n) is 6.28. The van der Waals surface area contributed by atoms with Gasteiger partial charge in [0.15, 0.2) is 6.29 Å². The predicted octanol–water partition coefficient (Wildman–Crippen LogP) is 0.927. The summed E-state index contributed by atoms with van der Waals surface area (Å²) in [7, 11) is 1.71. The van der Waals surface area contributed by atoms with Crippen molar-refractivity contribution in [2.75, 3.05) is 30.8 Å². The molecule has 1 aromatic rings. The highest BCUT2D eigenvalue weighted by Crippen LogP contribution is 2.23. The summed E-state index contributed by atoms with van der Waals surface area (Å²) in [4.78, 5) is 34.2. The maximum Gasteiger partial charge on any atom is 0.410 e. The van der Waals surface area contributed by atoms with Gasteiger partial charge in [0.2, 0.25) is 5.95 Å². The van der Waals surface area contributed by atoms with Gasteiger partial charge in [0.05, 0.1) is 6.04 Å². The van der Waals surface area contributed by atoms with Crippen molar-refractivity contribution in [2.45, 2.75) is 32.4 Å². The van der Waals surface area contributed by atoms with E-state index in [1.54, 1.807) is 18.0 Å². The molecule has 0 spiro atoms. The summed E-state index contributed by atoms with van der Waals surface area (Å²) in [5.41, 5.74) is 5.29. The largest absolute Gasteiger partial charge is 0.444 e. The van der Waals surface area contributed by atoms with Crippen LogP contribution in [0.15, 0.2) is 6.07 Å². The Bertz CT molecular complexity index is 578. The lowest BCUT2D eigenvalue weighted by Gasteiger charge is -2.44. The molecule has 0 aromatic carbocycles. The zero-order valence-corrected chi connectivity index (χ0v) is 13.2. The van der Waals surface area contributed by atoms with Gasteiger partial charge in [-0.15, -0.1) is 0 Å². The van der Waals surface area contributed by atoms with Gasteiger partial charge in [-0.2, -0.15) is 4.98 Å². The molecule has 2 N–H and O–H groups in total. The first kappa shape index (κ1) is 16.0. The number of carbonyl (C=O) groups is 2. The fourth-order valence-electron chi connectivity index (χ4n) is 2.06. The molecule has 0 bridgehead atoms. The van der Waals surface area contributed by atoms with Crippen LogP contribution in [0.4, 0.5) is 16.6 Å². The number of carbonyl (C=O) groups excluding carboxylic acids is 2. The van der Waals surface area contributed by atoms with Crippen LogP contribution in [0.2, 0.25) is 0 Å². The fraction of sp³-hybridized carbons (Fsp3) is 0.571. The van der Waals surface area contributed by atoms with Crippen LogP contribution >= 0.6 is 0 Å². The monoisotopic (exact) mass is 307 g/mol. The SMILES string of the molecule is CN(C(=O)OC(C)(C)C)C1CN(c2cc(C=O)nc(N)n2)C1. The number of nitrogens with two attached hydrogens (primary N) is 1.